The largest absolute Gasteiger partial charge is 0.354 e. The predicted octanol–water partition coefficient (Wildman–Crippen LogP) is 1.95. The molecule has 0 spiro atoms. The highest BCUT2D eigenvalue weighted by molar-refractivity contribution is 5.92. The van der Waals surface area contributed by atoms with Crippen LogP contribution < -0.4 is 5.32 Å². The zero-order valence-corrected chi connectivity index (χ0v) is 13.1. The van der Waals surface area contributed by atoms with Gasteiger partial charge in [0.25, 0.3) is 5.91 Å². The first-order valence-electron chi connectivity index (χ1n) is 7.30. The smallest absolute Gasteiger partial charge is 0.273 e. The Bertz CT molecular complexity index is 599. The highest BCUT2D eigenvalue weighted by atomic mass is 16.2. The van der Waals surface area contributed by atoms with Crippen molar-refractivity contribution in [1.82, 2.24) is 24.9 Å². The molecule has 1 unspecified atom stereocenters. The molecule has 0 saturated heterocycles. The minimum Gasteiger partial charge on any atom is -0.354 e. The lowest BCUT2D eigenvalue weighted by Gasteiger charge is -2.13. The van der Waals surface area contributed by atoms with E-state index in [1.165, 1.54) is 5.69 Å². The Morgan fingerprint density at radius 2 is 2.14 bits per heavy atom. The molecule has 1 amide bonds. The second kappa shape index (κ2) is 6.56. The van der Waals surface area contributed by atoms with E-state index in [4.69, 9.17) is 0 Å². The number of aryl methyl sites for hydroxylation is 2. The minimum atomic E-state index is -0.165. The molecule has 0 aliphatic rings. The Morgan fingerprint density at radius 1 is 1.38 bits per heavy atom. The standard InChI is InChI=1S/C15H23N5O/c1-11(2)20-10-14(17-18-20)15(21)16-12(3)7-8-13-6-5-9-19(13)4/h5-6,9-12H,7-8H2,1-4H3,(H,16,21). The molecule has 0 aromatic carbocycles. The number of hydrogen-bond acceptors (Lipinski definition) is 3. The van der Waals surface area contributed by atoms with Crippen LogP contribution >= 0.6 is 0 Å². The summed E-state index contributed by atoms with van der Waals surface area (Å²) < 4.78 is 3.78. The molecule has 6 nitrogen and oxygen atoms in total. The first-order chi connectivity index (χ1) is 9.97. The molecule has 21 heavy (non-hydrogen) atoms. The van der Waals surface area contributed by atoms with Crippen molar-refractivity contribution in [3.8, 4) is 0 Å². The van der Waals surface area contributed by atoms with Gasteiger partial charge in [0, 0.05) is 31.0 Å². The van der Waals surface area contributed by atoms with Crippen molar-refractivity contribution in [2.24, 2.45) is 7.05 Å². The molecular weight excluding hydrogens is 266 g/mol. The van der Waals surface area contributed by atoms with Crippen LogP contribution in [-0.4, -0.2) is 31.5 Å². The second-order valence-electron chi connectivity index (χ2n) is 5.70. The summed E-state index contributed by atoms with van der Waals surface area (Å²) in [6.07, 6.45) is 5.54. The summed E-state index contributed by atoms with van der Waals surface area (Å²) in [4.78, 5) is 12.1. The number of aromatic nitrogens is 4. The van der Waals surface area contributed by atoms with E-state index in [1.807, 2.05) is 40.1 Å². The van der Waals surface area contributed by atoms with Gasteiger partial charge in [-0.3, -0.25) is 4.79 Å². The monoisotopic (exact) mass is 289 g/mol. The molecule has 1 atom stereocenters. The predicted molar refractivity (Wildman–Crippen MR) is 81.1 cm³/mol. The molecule has 0 bridgehead atoms. The average molecular weight is 289 g/mol. The Morgan fingerprint density at radius 3 is 2.71 bits per heavy atom. The van der Waals surface area contributed by atoms with Gasteiger partial charge in [-0.05, 0) is 45.7 Å². The SMILES string of the molecule is CC(CCc1cccn1C)NC(=O)c1cn(C(C)C)nn1. The first kappa shape index (κ1) is 15.3. The van der Waals surface area contributed by atoms with Gasteiger partial charge in [0.1, 0.15) is 0 Å². The molecule has 0 radical (unpaired) electrons. The lowest BCUT2D eigenvalue weighted by atomic mass is 10.1. The van der Waals surface area contributed by atoms with Gasteiger partial charge in [0.2, 0.25) is 0 Å². The van der Waals surface area contributed by atoms with E-state index in [0.29, 0.717) is 5.69 Å². The van der Waals surface area contributed by atoms with E-state index in [9.17, 15) is 4.79 Å². The molecule has 2 aromatic heterocycles. The second-order valence-corrected chi connectivity index (χ2v) is 5.70. The fourth-order valence-electron chi connectivity index (χ4n) is 2.12. The normalized spacial score (nSPS) is 12.6. The summed E-state index contributed by atoms with van der Waals surface area (Å²) >= 11 is 0. The van der Waals surface area contributed by atoms with Crippen molar-refractivity contribution in [3.63, 3.8) is 0 Å². The summed E-state index contributed by atoms with van der Waals surface area (Å²) in [6, 6.07) is 4.43. The molecule has 2 rings (SSSR count). The lowest BCUT2D eigenvalue weighted by molar-refractivity contribution is 0.0933. The number of nitrogens with one attached hydrogen (secondary N) is 1. The van der Waals surface area contributed by atoms with Gasteiger partial charge in [-0.15, -0.1) is 5.10 Å². The Labute approximate surface area is 125 Å². The Hall–Kier alpha value is -2.11. The average Bonchev–Trinajstić information content (AvgIpc) is 3.05. The van der Waals surface area contributed by atoms with Crippen LogP contribution in [0.4, 0.5) is 0 Å². The van der Waals surface area contributed by atoms with Crippen LogP contribution in [0.15, 0.2) is 24.5 Å². The maximum absolute atomic E-state index is 12.1. The van der Waals surface area contributed by atoms with Gasteiger partial charge in [-0.25, -0.2) is 4.68 Å². The number of carbonyl (C=O) groups excluding carboxylic acids is 1. The Balaban J connectivity index is 1.85. The molecule has 1 N–H and O–H groups in total. The van der Waals surface area contributed by atoms with Gasteiger partial charge in [-0.2, -0.15) is 0 Å². The fraction of sp³-hybridized carbons (Fsp3) is 0.533. The van der Waals surface area contributed by atoms with Crippen LogP contribution in [0.25, 0.3) is 0 Å². The van der Waals surface area contributed by atoms with Crippen LogP contribution in [0.1, 0.15) is 49.4 Å². The van der Waals surface area contributed by atoms with Gasteiger partial charge < -0.3 is 9.88 Å². The molecule has 0 saturated carbocycles. The van der Waals surface area contributed by atoms with Crippen LogP contribution in [0.3, 0.4) is 0 Å². The molecule has 114 valence electrons. The highest BCUT2D eigenvalue weighted by Crippen LogP contribution is 2.07. The molecular formula is C15H23N5O. The summed E-state index contributed by atoms with van der Waals surface area (Å²) in [6.45, 7) is 6.01. The zero-order valence-electron chi connectivity index (χ0n) is 13.1. The number of nitrogens with zero attached hydrogens (tertiary/aromatic N) is 4. The van der Waals surface area contributed by atoms with E-state index < -0.39 is 0 Å². The van der Waals surface area contributed by atoms with Crippen LogP contribution in [0.5, 0.6) is 0 Å². The van der Waals surface area contributed by atoms with Crippen LogP contribution in [0.2, 0.25) is 0 Å². The molecule has 0 fully saturated rings. The third kappa shape index (κ3) is 3.93. The molecule has 2 aromatic rings. The van der Waals surface area contributed by atoms with Gasteiger partial charge in [0.15, 0.2) is 5.69 Å². The maximum Gasteiger partial charge on any atom is 0.273 e. The number of rotatable bonds is 6. The van der Waals surface area contributed by atoms with Crippen LogP contribution in [0, 0.1) is 0 Å². The van der Waals surface area contributed by atoms with Crippen molar-refractivity contribution >= 4 is 5.91 Å². The lowest BCUT2D eigenvalue weighted by Crippen LogP contribution is -2.33. The highest BCUT2D eigenvalue weighted by Gasteiger charge is 2.14. The zero-order chi connectivity index (χ0) is 15.4. The van der Waals surface area contributed by atoms with E-state index in [0.717, 1.165) is 12.8 Å². The number of hydrogen-bond donors (Lipinski definition) is 1. The van der Waals surface area contributed by atoms with Crippen LogP contribution in [-0.2, 0) is 13.5 Å². The van der Waals surface area contributed by atoms with Gasteiger partial charge in [0.05, 0.1) is 6.20 Å². The van der Waals surface area contributed by atoms with Gasteiger partial charge >= 0.3 is 0 Å². The molecule has 2 heterocycles. The van der Waals surface area contributed by atoms with Crippen molar-refractivity contribution in [3.05, 3.63) is 35.9 Å². The third-order valence-corrected chi connectivity index (χ3v) is 3.53. The van der Waals surface area contributed by atoms with E-state index >= 15 is 0 Å². The van der Waals surface area contributed by atoms with Gasteiger partial charge in [-0.1, -0.05) is 5.21 Å². The van der Waals surface area contributed by atoms with E-state index in [-0.39, 0.29) is 18.0 Å². The first-order valence-corrected chi connectivity index (χ1v) is 7.30. The molecule has 6 heteroatoms. The summed E-state index contributed by atoms with van der Waals surface area (Å²) in [5, 5.41) is 10.8. The van der Waals surface area contributed by atoms with Crippen molar-refractivity contribution in [1.29, 1.82) is 0 Å². The third-order valence-electron chi connectivity index (χ3n) is 3.53. The fourth-order valence-corrected chi connectivity index (χ4v) is 2.12. The Kier molecular flexibility index (Phi) is 4.77. The minimum absolute atomic E-state index is 0.0941. The van der Waals surface area contributed by atoms with Crippen molar-refractivity contribution < 1.29 is 4.79 Å². The summed E-state index contributed by atoms with van der Waals surface area (Å²) in [5.74, 6) is -0.165. The molecule has 0 aliphatic carbocycles. The number of carbonyl (C=O) groups is 1. The maximum atomic E-state index is 12.1. The van der Waals surface area contributed by atoms with E-state index in [1.54, 1.807) is 10.9 Å². The summed E-state index contributed by atoms with van der Waals surface area (Å²) in [7, 11) is 2.03. The molecule has 0 aliphatic heterocycles. The summed E-state index contributed by atoms with van der Waals surface area (Å²) in [5.41, 5.74) is 1.64. The van der Waals surface area contributed by atoms with Crippen molar-refractivity contribution in [2.75, 3.05) is 0 Å². The van der Waals surface area contributed by atoms with Crippen molar-refractivity contribution in [2.45, 2.75) is 45.7 Å². The number of amides is 1. The topological polar surface area (TPSA) is 64.7 Å². The quantitative estimate of drug-likeness (QED) is 0.884. The van der Waals surface area contributed by atoms with E-state index in [2.05, 4.69) is 26.3 Å².